The molecule has 0 spiro atoms. The van der Waals surface area contributed by atoms with Gasteiger partial charge in [0.05, 0.1) is 12.3 Å². The lowest BCUT2D eigenvalue weighted by molar-refractivity contribution is 0.0521. The summed E-state index contributed by atoms with van der Waals surface area (Å²) < 4.78 is 25.2. The normalized spacial score (nSPS) is 16.0. The summed E-state index contributed by atoms with van der Waals surface area (Å²) in [6.07, 6.45) is 0.391. The van der Waals surface area contributed by atoms with Crippen LogP contribution in [0, 0.1) is 5.82 Å². The molecule has 0 saturated heterocycles. The molecule has 1 amide bonds. The van der Waals surface area contributed by atoms with E-state index in [2.05, 4.69) is 5.32 Å². The number of carbonyl (C=O) groups excluding carboxylic acids is 1. The topological polar surface area (TPSA) is 50.8 Å². The summed E-state index contributed by atoms with van der Waals surface area (Å²) in [6.45, 7) is 6.56. The highest BCUT2D eigenvalue weighted by Crippen LogP contribution is 2.37. The molecule has 150 valence electrons. The molecule has 5 nitrogen and oxygen atoms in total. The predicted octanol–water partition coefficient (Wildman–Crippen LogP) is 4.98. The number of para-hydroxylation sites is 1. The second-order valence-corrected chi connectivity index (χ2v) is 7.95. The van der Waals surface area contributed by atoms with Gasteiger partial charge in [-0.2, -0.15) is 0 Å². The molecule has 1 atom stereocenters. The fourth-order valence-electron chi connectivity index (χ4n) is 3.26. The molecule has 1 aliphatic heterocycles. The smallest absolute Gasteiger partial charge is 0.407 e. The zero-order valence-corrected chi connectivity index (χ0v) is 16.8. The van der Waals surface area contributed by atoms with Crippen LogP contribution in [0.15, 0.2) is 42.5 Å². The first-order valence-corrected chi connectivity index (χ1v) is 9.46. The number of nitrogens with zero attached hydrogens (tertiary/aromatic N) is 1. The molecular formula is C22H27FN2O3. The molecular weight excluding hydrogens is 359 g/mol. The quantitative estimate of drug-likeness (QED) is 0.805. The van der Waals surface area contributed by atoms with Crippen LogP contribution >= 0.6 is 0 Å². The number of benzene rings is 2. The number of anilines is 2. The molecule has 0 aliphatic carbocycles. The maximum Gasteiger partial charge on any atom is 0.407 e. The number of rotatable bonds is 4. The molecule has 2 aromatic rings. The number of halogens is 1. The summed E-state index contributed by atoms with van der Waals surface area (Å²) in [5.41, 5.74) is 1.85. The van der Waals surface area contributed by atoms with Crippen LogP contribution in [0.25, 0.3) is 0 Å². The summed E-state index contributed by atoms with van der Waals surface area (Å²) >= 11 is 0. The number of alkyl carbamates (subject to hydrolysis) is 1. The van der Waals surface area contributed by atoms with Gasteiger partial charge in [0.1, 0.15) is 17.2 Å². The van der Waals surface area contributed by atoms with Crippen molar-refractivity contribution in [2.45, 2.75) is 38.7 Å². The Morgan fingerprint density at radius 3 is 2.75 bits per heavy atom. The van der Waals surface area contributed by atoms with Gasteiger partial charge in [-0.3, -0.25) is 0 Å². The highest BCUT2D eigenvalue weighted by Gasteiger charge is 2.24. The van der Waals surface area contributed by atoms with Gasteiger partial charge in [0.25, 0.3) is 0 Å². The molecule has 3 rings (SSSR count). The van der Waals surface area contributed by atoms with E-state index in [4.69, 9.17) is 9.47 Å². The largest absolute Gasteiger partial charge is 0.493 e. The third kappa shape index (κ3) is 4.74. The predicted molar refractivity (Wildman–Crippen MR) is 108 cm³/mol. The van der Waals surface area contributed by atoms with E-state index in [0.29, 0.717) is 18.8 Å². The Morgan fingerprint density at radius 2 is 2.04 bits per heavy atom. The number of carbonyl (C=O) groups is 1. The Bertz CT molecular complexity index is 848. The Balaban J connectivity index is 1.73. The van der Waals surface area contributed by atoms with E-state index >= 15 is 0 Å². The van der Waals surface area contributed by atoms with Gasteiger partial charge in [-0.25, -0.2) is 9.18 Å². The van der Waals surface area contributed by atoms with Crippen LogP contribution in [0.2, 0.25) is 0 Å². The van der Waals surface area contributed by atoms with E-state index in [1.54, 1.807) is 17.0 Å². The molecule has 1 heterocycles. The van der Waals surface area contributed by atoms with Crippen LogP contribution in [0.3, 0.4) is 0 Å². The van der Waals surface area contributed by atoms with Crippen molar-refractivity contribution in [3.8, 4) is 5.75 Å². The summed E-state index contributed by atoms with van der Waals surface area (Å²) in [5.74, 6) is 0.634. The van der Waals surface area contributed by atoms with Crippen molar-refractivity contribution in [1.29, 1.82) is 0 Å². The lowest BCUT2D eigenvalue weighted by atomic mass is 9.92. The van der Waals surface area contributed by atoms with Gasteiger partial charge in [0.2, 0.25) is 0 Å². The maximum atomic E-state index is 14.1. The van der Waals surface area contributed by atoms with Crippen molar-refractivity contribution in [3.63, 3.8) is 0 Å². The third-order valence-corrected chi connectivity index (χ3v) is 4.65. The molecule has 0 fully saturated rings. The summed E-state index contributed by atoms with van der Waals surface area (Å²) in [4.78, 5) is 13.7. The number of ether oxygens (including phenoxy) is 2. The van der Waals surface area contributed by atoms with Gasteiger partial charge in [0, 0.05) is 31.3 Å². The minimum atomic E-state index is -0.524. The minimum Gasteiger partial charge on any atom is -0.493 e. The number of nitrogens with one attached hydrogen (secondary N) is 1. The first kappa shape index (κ1) is 20.0. The van der Waals surface area contributed by atoms with Gasteiger partial charge in [-0.1, -0.05) is 18.2 Å². The number of fused-ring (bicyclic) bond motifs is 1. The average molecular weight is 386 g/mol. The molecule has 6 heteroatoms. The highest BCUT2D eigenvalue weighted by atomic mass is 19.1. The summed E-state index contributed by atoms with van der Waals surface area (Å²) in [7, 11) is 1.82. The van der Waals surface area contributed by atoms with Crippen LogP contribution in [0.4, 0.5) is 20.6 Å². The lowest BCUT2D eigenvalue weighted by Crippen LogP contribution is -2.35. The molecule has 2 aromatic carbocycles. The Kier molecular flexibility index (Phi) is 5.77. The number of hydrogen-bond donors (Lipinski definition) is 1. The van der Waals surface area contributed by atoms with E-state index in [0.717, 1.165) is 23.4 Å². The van der Waals surface area contributed by atoms with Crippen LogP contribution in [0.5, 0.6) is 5.75 Å². The molecule has 1 N–H and O–H groups in total. The van der Waals surface area contributed by atoms with E-state index in [9.17, 15) is 9.18 Å². The van der Waals surface area contributed by atoms with Crippen molar-refractivity contribution in [3.05, 3.63) is 53.8 Å². The molecule has 0 aromatic heterocycles. The molecule has 28 heavy (non-hydrogen) atoms. The zero-order valence-electron chi connectivity index (χ0n) is 16.8. The number of hydrogen-bond acceptors (Lipinski definition) is 4. The molecule has 0 unspecified atom stereocenters. The second-order valence-electron chi connectivity index (χ2n) is 7.95. The third-order valence-electron chi connectivity index (χ3n) is 4.65. The lowest BCUT2D eigenvalue weighted by Gasteiger charge is -2.29. The van der Waals surface area contributed by atoms with Crippen molar-refractivity contribution in [2.24, 2.45) is 0 Å². The van der Waals surface area contributed by atoms with Crippen LogP contribution in [-0.4, -0.2) is 31.9 Å². The second kappa shape index (κ2) is 8.09. The fraction of sp³-hybridized carbons (Fsp3) is 0.409. The maximum absolute atomic E-state index is 14.1. The Morgan fingerprint density at radius 1 is 1.29 bits per heavy atom. The van der Waals surface area contributed by atoms with Gasteiger partial charge in [-0.15, -0.1) is 0 Å². The standard InChI is InChI=1S/C22H27FN2O3/c1-22(2,3)28-21(26)24-14-15-11-12-27-20-13-16(9-10-17(15)20)25(4)19-8-6-5-7-18(19)23/h5-10,13,15H,11-12,14H2,1-4H3,(H,24,26)/t15-/m0/s1. The van der Waals surface area contributed by atoms with E-state index in [1.807, 2.05) is 52.1 Å². The summed E-state index contributed by atoms with van der Waals surface area (Å²) in [5, 5.41) is 2.84. The molecule has 1 aliphatic rings. The Labute approximate surface area is 165 Å². The van der Waals surface area contributed by atoms with Crippen molar-refractivity contribution in [2.75, 3.05) is 25.1 Å². The average Bonchev–Trinajstić information content (AvgIpc) is 2.64. The van der Waals surface area contributed by atoms with Crippen molar-refractivity contribution in [1.82, 2.24) is 5.32 Å². The minimum absolute atomic E-state index is 0.143. The Hall–Kier alpha value is -2.76. The molecule has 0 saturated carbocycles. The number of amides is 1. The molecule has 0 bridgehead atoms. The van der Waals surface area contributed by atoms with E-state index in [-0.39, 0.29) is 11.7 Å². The molecule has 0 radical (unpaired) electrons. The monoisotopic (exact) mass is 386 g/mol. The first-order chi connectivity index (χ1) is 13.2. The van der Waals surface area contributed by atoms with Gasteiger partial charge < -0.3 is 19.7 Å². The van der Waals surface area contributed by atoms with Crippen molar-refractivity contribution < 1.29 is 18.7 Å². The van der Waals surface area contributed by atoms with Crippen LogP contribution in [-0.2, 0) is 4.74 Å². The van der Waals surface area contributed by atoms with Gasteiger partial charge in [-0.05, 0) is 51.0 Å². The zero-order chi connectivity index (χ0) is 20.3. The van der Waals surface area contributed by atoms with Crippen LogP contribution < -0.4 is 15.0 Å². The van der Waals surface area contributed by atoms with Gasteiger partial charge in [0.15, 0.2) is 0 Å². The first-order valence-electron chi connectivity index (χ1n) is 9.46. The highest BCUT2D eigenvalue weighted by molar-refractivity contribution is 5.68. The van der Waals surface area contributed by atoms with E-state index < -0.39 is 11.7 Å². The summed E-state index contributed by atoms with van der Waals surface area (Å²) in [6, 6.07) is 12.5. The fourth-order valence-corrected chi connectivity index (χ4v) is 3.26. The van der Waals surface area contributed by atoms with E-state index in [1.165, 1.54) is 6.07 Å². The van der Waals surface area contributed by atoms with Gasteiger partial charge >= 0.3 is 6.09 Å². The SMILES string of the molecule is CN(c1ccc2c(c1)OCC[C@H]2CNC(=O)OC(C)(C)C)c1ccccc1F. The van der Waals surface area contributed by atoms with Crippen molar-refractivity contribution >= 4 is 17.5 Å². The van der Waals surface area contributed by atoms with Crippen LogP contribution in [0.1, 0.15) is 38.7 Å².